The first-order chi connectivity index (χ1) is 13.7. The van der Waals surface area contributed by atoms with Gasteiger partial charge in [-0.15, -0.1) is 0 Å². The molecule has 0 heterocycles. The molecule has 0 bridgehead atoms. The van der Waals surface area contributed by atoms with Crippen LogP contribution in [-0.4, -0.2) is 23.0 Å². The van der Waals surface area contributed by atoms with E-state index in [1.165, 1.54) is 16.7 Å². The molecule has 0 atom stereocenters. The highest BCUT2D eigenvalue weighted by atomic mass is 32.1. The Bertz CT molecular complexity index is 880. The molecule has 0 aliphatic rings. The van der Waals surface area contributed by atoms with Gasteiger partial charge in [0.25, 0.3) is 0 Å². The number of hydrogen-bond donors (Lipinski definition) is 0. The van der Waals surface area contributed by atoms with Gasteiger partial charge in [-0.3, -0.25) is 0 Å². The van der Waals surface area contributed by atoms with Crippen molar-refractivity contribution in [2.45, 2.75) is 20.0 Å². The molecule has 0 unspecified atom stereocenters. The van der Waals surface area contributed by atoms with Crippen LogP contribution in [0.5, 0.6) is 0 Å². The van der Waals surface area contributed by atoms with Crippen LogP contribution in [0.2, 0.25) is 0 Å². The van der Waals surface area contributed by atoms with E-state index in [9.17, 15) is 0 Å². The molecular formula is C24H24N2OS. The minimum absolute atomic E-state index is 0.505. The van der Waals surface area contributed by atoms with Crippen LogP contribution in [0.3, 0.4) is 0 Å². The van der Waals surface area contributed by atoms with E-state index >= 15 is 0 Å². The lowest BCUT2D eigenvalue weighted by Crippen LogP contribution is -2.28. The Morgan fingerprint density at radius 3 is 1.79 bits per heavy atom. The SMILES string of the molecule is CO/C(=N\C(=S)N(Cc1ccccc1)Cc1ccccc1)c1ccc(C)cc1. The highest BCUT2D eigenvalue weighted by Gasteiger charge is 2.13. The molecule has 0 aliphatic heterocycles. The van der Waals surface area contributed by atoms with E-state index in [0.29, 0.717) is 24.1 Å². The van der Waals surface area contributed by atoms with Crippen molar-refractivity contribution in [1.29, 1.82) is 0 Å². The third kappa shape index (κ3) is 5.51. The Morgan fingerprint density at radius 2 is 1.32 bits per heavy atom. The van der Waals surface area contributed by atoms with E-state index in [1.54, 1.807) is 7.11 Å². The molecule has 0 N–H and O–H groups in total. The number of methoxy groups -OCH3 is 1. The number of ether oxygens (including phenoxy) is 1. The van der Waals surface area contributed by atoms with E-state index < -0.39 is 0 Å². The molecule has 3 aromatic rings. The van der Waals surface area contributed by atoms with Gasteiger partial charge >= 0.3 is 0 Å². The van der Waals surface area contributed by atoms with Crippen molar-refractivity contribution in [3.05, 3.63) is 107 Å². The van der Waals surface area contributed by atoms with Gasteiger partial charge in [0.05, 0.1) is 7.11 Å². The van der Waals surface area contributed by atoms with E-state index in [1.807, 2.05) is 60.7 Å². The molecule has 0 radical (unpaired) electrons. The van der Waals surface area contributed by atoms with Gasteiger partial charge in [-0.2, -0.15) is 4.99 Å². The number of nitrogens with zero attached hydrogens (tertiary/aromatic N) is 2. The zero-order valence-electron chi connectivity index (χ0n) is 16.2. The van der Waals surface area contributed by atoms with E-state index in [4.69, 9.17) is 17.0 Å². The highest BCUT2D eigenvalue weighted by molar-refractivity contribution is 7.80. The van der Waals surface area contributed by atoms with Gasteiger partial charge in [0, 0.05) is 18.7 Å². The fraction of sp³-hybridized carbons (Fsp3) is 0.167. The third-order valence-electron chi connectivity index (χ3n) is 4.39. The summed E-state index contributed by atoms with van der Waals surface area (Å²) in [5.41, 5.74) is 4.47. The van der Waals surface area contributed by atoms with Crippen LogP contribution >= 0.6 is 12.2 Å². The summed E-state index contributed by atoms with van der Waals surface area (Å²) < 4.78 is 5.53. The van der Waals surface area contributed by atoms with Crippen molar-refractivity contribution in [3.8, 4) is 0 Å². The molecule has 0 aliphatic carbocycles. The van der Waals surface area contributed by atoms with Crippen molar-refractivity contribution in [2.24, 2.45) is 4.99 Å². The van der Waals surface area contributed by atoms with Crippen LogP contribution < -0.4 is 0 Å². The van der Waals surface area contributed by atoms with Gasteiger partial charge in [-0.25, -0.2) is 0 Å². The Balaban J connectivity index is 1.86. The first kappa shape index (κ1) is 19.8. The van der Waals surface area contributed by atoms with Gasteiger partial charge in [0.2, 0.25) is 5.90 Å². The smallest absolute Gasteiger partial charge is 0.223 e. The monoisotopic (exact) mass is 388 g/mol. The lowest BCUT2D eigenvalue weighted by molar-refractivity contribution is 0.394. The average Bonchev–Trinajstić information content (AvgIpc) is 2.73. The molecule has 3 rings (SSSR count). The standard InChI is InChI=1S/C24H24N2OS/c1-19-13-15-22(16-14-19)23(27-2)25-24(28)26(17-20-9-5-3-6-10-20)18-21-11-7-4-8-12-21/h3-16H,17-18H2,1-2H3/b25-23-. The van der Waals surface area contributed by atoms with Gasteiger partial charge in [-0.05, 0) is 42.4 Å². The maximum absolute atomic E-state index is 5.70. The van der Waals surface area contributed by atoms with Crippen molar-refractivity contribution in [2.75, 3.05) is 7.11 Å². The Kier molecular flexibility index (Phi) is 6.93. The second-order valence-corrected chi connectivity index (χ2v) is 6.96. The number of aliphatic imine (C=N–C) groups is 1. The van der Waals surface area contributed by atoms with Crippen molar-refractivity contribution >= 4 is 23.2 Å². The maximum Gasteiger partial charge on any atom is 0.223 e. The predicted molar refractivity (Wildman–Crippen MR) is 119 cm³/mol. The molecule has 4 heteroatoms. The minimum atomic E-state index is 0.505. The fourth-order valence-electron chi connectivity index (χ4n) is 2.88. The summed E-state index contributed by atoms with van der Waals surface area (Å²) in [6.45, 7) is 3.42. The van der Waals surface area contributed by atoms with Crippen LogP contribution in [0.15, 0.2) is 89.9 Å². The summed E-state index contributed by atoms with van der Waals surface area (Å²) >= 11 is 5.70. The molecule has 0 aromatic heterocycles. The molecule has 0 saturated carbocycles. The van der Waals surface area contributed by atoms with Crippen LogP contribution in [0.1, 0.15) is 22.3 Å². The van der Waals surface area contributed by atoms with Gasteiger partial charge in [-0.1, -0.05) is 78.4 Å². The predicted octanol–water partition coefficient (Wildman–Crippen LogP) is 5.38. The summed E-state index contributed by atoms with van der Waals surface area (Å²) in [7, 11) is 1.63. The summed E-state index contributed by atoms with van der Waals surface area (Å²) in [4.78, 5) is 6.73. The Labute approximate surface area is 172 Å². The van der Waals surface area contributed by atoms with E-state index in [0.717, 1.165) is 5.56 Å². The van der Waals surface area contributed by atoms with Crippen LogP contribution in [0, 0.1) is 6.92 Å². The Morgan fingerprint density at radius 1 is 0.821 bits per heavy atom. The quantitative estimate of drug-likeness (QED) is 0.333. The number of aryl methyl sites for hydroxylation is 1. The van der Waals surface area contributed by atoms with Crippen LogP contribution in [0.25, 0.3) is 0 Å². The lowest BCUT2D eigenvalue weighted by atomic mass is 10.1. The largest absolute Gasteiger partial charge is 0.480 e. The molecule has 142 valence electrons. The van der Waals surface area contributed by atoms with Crippen LogP contribution in [0.4, 0.5) is 0 Å². The average molecular weight is 389 g/mol. The van der Waals surface area contributed by atoms with Crippen molar-refractivity contribution in [1.82, 2.24) is 4.90 Å². The second-order valence-electron chi connectivity index (χ2n) is 6.60. The lowest BCUT2D eigenvalue weighted by Gasteiger charge is -2.23. The first-order valence-corrected chi connectivity index (χ1v) is 9.63. The molecule has 0 amide bonds. The number of rotatable bonds is 5. The molecular weight excluding hydrogens is 364 g/mol. The fourth-order valence-corrected chi connectivity index (χ4v) is 3.09. The zero-order valence-corrected chi connectivity index (χ0v) is 17.0. The van der Waals surface area contributed by atoms with Crippen molar-refractivity contribution < 1.29 is 4.74 Å². The molecule has 3 aromatic carbocycles. The summed E-state index contributed by atoms with van der Waals surface area (Å²) in [6.07, 6.45) is 0. The van der Waals surface area contributed by atoms with Gasteiger partial charge < -0.3 is 9.64 Å². The molecule has 28 heavy (non-hydrogen) atoms. The summed E-state index contributed by atoms with van der Waals surface area (Å²) in [5, 5.41) is 0.505. The second kappa shape index (κ2) is 9.81. The summed E-state index contributed by atoms with van der Waals surface area (Å²) in [6, 6.07) is 28.7. The van der Waals surface area contributed by atoms with Gasteiger partial charge in [0.1, 0.15) is 0 Å². The highest BCUT2D eigenvalue weighted by Crippen LogP contribution is 2.13. The number of benzene rings is 3. The third-order valence-corrected chi connectivity index (χ3v) is 4.74. The first-order valence-electron chi connectivity index (χ1n) is 9.22. The normalized spacial score (nSPS) is 11.1. The summed E-state index contributed by atoms with van der Waals surface area (Å²) in [5.74, 6) is 0.524. The zero-order chi connectivity index (χ0) is 19.8. The number of hydrogen-bond acceptors (Lipinski definition) is 2. The van der Waals surface area contributed by atoms with Crippen molar-refractivity contribution in [3.63, 3.8) is 0 Å². The topological polar surface area (TPSA) is 24.8 Å². The number of thiocarbonyl (C=S) groups is 1. The molecule has 0 saturated heterocycles. The molecule has 0 fully saturated rings. The van der Waals surface area contributed by atoms with E-state index in [-0.39, 0.29) is 0 Å². The van der Waals surface area contributed by atoms with Gasteiger partial charge in [0.15, 0.2) is 5.11 Å². The van der Waals surface area contributed by atoms with Crippen LogP contribution in [-0.2, 0) is 17.8 Å². The molecule has 3 nitrogen and oxygen atoms in total. The Hall–Kier alpha value is -2.98. The van der Waals surface area contributed by atoms with E-state index in [2.05, 4.69) is 41.1 Å². The molecule has 0 spiro atoms. The maximum atomic E-state index is 5.70. The minimum Gasteiger partial charge on any atom is -0.480 e.